The number of nitrogens with zero attached hydrogens (tertiary/aromatic N) is 3. The van der Waals surface area contributed by atoms with Crippen LogP contribution in [0.2, 0.25) is 0 Å². The molecule has 0 spiro atoms. The van der Waals surface area contributed by atoms with Gasteiger partial charge in [-0.15, -0.1) is 11.3 Å². The second-order valence-corrected chi connectivity index (χ2v) is 8.37. The largest absolute Gasteiger partial charge is 0.356 e. The Bertz CT molecular complexity index is 526. The van der Waals surface area contributed by atoms with Gasteiger partial charge in [-0.3, -0.25) is 4.99 Å². The van der Waals surface area contributed by atoms with E-state index in [0.29, 0.717) is 5.92 Å². The van der Waals surface area contributed by atoms with E-state index in [2.05, 4.69) is 51.7 Å². The minimum Gasteiger partial charge on any atom is -0.356 e. The van der Waals surface area contributed by atoms with Gasteiger partial charge in [-0.2, -0.15) is 0 Å². The van der Waals surface area contributed by atoms with Crippen molar-refractivity contribution in [3.8, 4) is 0 Å². The molecular weight excluding hydrogens is 330 g/mol. The Morgan fingerprint density at radius 1 is 1.40 bits per heavy atom. The predicted octanol–water partition coefficient (Wildman–Crippen LogP) is 3.44. The molecule has 0 aliphatic carbocycles. The maximum Gasteiger partial charge on any atom is 0.191 e. The van der Waals surface area contributed by atoms with E-state index >= 15 is 0 Å². The van der Waals surface area contributed by atoms with Crippen LogP contribution in [0.15, 0.2) is 10.4 Å². The molecule has 1 aliphatic heterocycles. The molecule has 1 unspecified atom stereocenters. The Kier molecular flexibility index (Phi) is 8.68. The molecule has 142 valence electrons. The average molecular weight is 366 g/mol. The fourth-order valence-electron chi connectivity index (χ4n) is 3.21. The number of likely N-dealkylation sites (tertiary alicyclic amines) is 1. The Morgan fingerprint density at radius 3 is 2.92 bits per heavy atom. The summed E-state index contributed by atoms with van der Waals surface area (Å²) in [7, 11) is 1.83. The van der Waals surface area contributed by atoms with Crippen LogP contribution in [0.25, 0.3) is 0 Å². The lowest BCUT2D eigenvalue weighted by Crippen LogP contribution is -2.38. The Labute approximate surface area is 157 Å². The zero-order chi connectivity index (χ0) is 18.1. The molecule has 1 aromatic heterocycles. The quantitative estimate of drug-likeness (QED) is 0.421. The molecule has 2 N–H and O–H groups in total. The lowest BCUT2D eigenvalue weighted by atomic mass is 10.0. The number of guanidine groups is 1. The number of unbranched alkanes of at least 4 members (excludes halogenated alkanes) is 1. The van der Waals surface area contributed by atoms with Crippen LogP contribution in [0.3, 0.4) is 0 Å². The molecule has 0 amide bonds. The maximum atomic E-state index is 4.65. The highest BCUT2D eigenvalue weighted by molar-refractivity contribution is 7.09. The molecule has 1 saturated heterocycles. The minimum absolute atomic E-state index is 0.491. The molecule has 1 atom stereocenters. The van der Waals surface area contributed by atoms with Gasteiger partial charge in [0.05, 0.1) is 12.2 Å². The number of thiazole rings is 1. The average Bonchev–Trinajstić information content (AvgIpc) is 3.06. The van der Waals surface area contributed by atoms with Crippen molar-refractivity contribution in [2.45, 2.75) is 58.9 Å². The number of hydrogen-bond acceptors (Lipinski definition) is 4. The third-order valence-corrected chi connectivity index (χ3v) is 5.59. The number of piperidine rings is 1. The highest BCUT2D eigenvalue weighted by Crippen LogP contribution is 2.17. The maximum absolute atomic E-state index is 4.65. The van der Waals surface area contributed by atoms with Crippen LogP contribution in [-0.4, -0.2) is 49.1 Å². The molecule has 0 radical (unpaired) electrons. The molecule has 1 fully saturated rings. The van der Waals surface area contributed by atoms with E-state index in [0.717, 1.165) is 30.0 Å². The van der Waals surface area contributed by atoms with Gasteiger partial charge < -0.3 is 15.5 Å². The van der Waals surface area contributed by atoms with E-state index in [1.807, 2.05) is 7.05 Å². The zero-order valence-electron chi connectivity index (χ0n) is 16.3. The fraction of sp³-hybridized carbons (Fsp3) is 0.789. The van der Waals surface area contributed by atoms with E-state index < -0.39 is 0 Å². The number of aromatic nitrogens is 1. The molecule has 0 bridgehead atoms. The van der Waals surface area contributed by atoms with Crippen LogP contribution in [0.1, 0.15) is 63.1 Å². The van der Waals surface area contributed by atoms with E-state index in [-0.39, 0.29) is 0 Å². The Hall–Kier alpha value is -1.14. The number of hydrogen-bond donors (Lipinski definition) is 2. The Morgan fingerprint density at radius 2 is 2.24 bits per heavy atom. The van der Waals surface area contributed by atoms with Crippen LogP contribution in [0, 0.1) is 5.92 Å². The second-order valence-electron chi connectivity index (χ2n) is 7.43. The molecule has 1 aromatic rings. The monoisotopic (exact) mass is 365 g/mol. The molecule has 0 saturated carbocycles. The molecule has 2 heterocycles. The molecule has 0 aromatic carbocycles. The van der Waals surface area contributed by atoms with Gasteiger partial charge in [-0.05, 0) is 50.6 Å². The van der Waals surface area contributed by atoms with Crippen LogP contribution in [0.4, 0.5) is 0 Å². The van der Waals surface area contributed by atoms with Crippen LogP contribution >= 0.6 is 11.3 Å². The molecular formula is C19H35N5S. The molecule has 1 aliphatic rings. The van der Waals surface area contributed by atoms with Gasteiger partial charge in [0, 0.05) is 25.5 Å². The molecule has 6 heteroatoms. The smallest absolute Gasteiger partial charge is 0.191 e. The summed E-state index contributed by atoms with van der Waals surface area (Å²) in [5, 5.41) is 10.0. The van der Waals surface area contributed by atoms with Crippen molar-refractivity contribution in [2.75, 3.05) is 33.2 Å². The topological polar surface area (TPSA) is 52.6 Å². The summed E-state index contributed by atoms with van der Waals surface area (Å²) in [6.07, 6.45) is 5.20. The highest BCUT2D eigenvalue weighted by atomic mass is 32.1. The van der Waals surface area contributed by atoms with Gasteiger partial charge in [0.25, 0.3) is 0 Å². The van der Waals surface area contributed by atoms with Gasteiger partial charge >= 0.3 is 0 Å². The van der Waals surface area contributed by atoms with Crippen LogP contribution in [0.5, 0.6) is 0 Å². The SMILES string of the molecule is CN=C(NCCCCN1CCCC(C)C1)NCc1nc(C(C)C)cs1. The fourth-order valence-corrected chi connectivity index (χ4v) is 4.10. The van der Waals surface area contributed by atoms with Crippen LogP contribution < -0.4 is 10.6 Å². The minimum atomic E-state index is 0.491. The predicted molar refractivity (Wildman–Crippen MR) is 108 cm³/mol. The van der Waals surface area contributed by atoms with Crippen molar-refractivity contribution in [1.82, 2.24) is 20.5 Å². The van der Waals surface area contributed by atoms with E-state index in [9.17, 15) is 0 Å². The first-order valence-corrected chi connectivity index (χ1v) is 10.6. The number of nitrogens with one attached hydrogen (secondary N) is 2. The van der Waals surface area contributed by atoms with Gasteiger partial charge in [0.2, 0.25) is 0 Å². The summed E-state index contributed by atoms with van der Waals surface area (Å²) in [5.41, 5.74) is 1.18. The van der Waals surface area contributed by atoms with Gasteiger partial charge in [-0.1, -0.05) is 20.8 Å². The first-order valence-electron chi connectivity index (χ1n) is 9.69. The third kappa shape index (κ3) is 7.32. The summed E-state index contributed by atoms with van der Waals surface area (Å²) >= 11 is 1.72. The van der Waals surface area contributed by atoms with Gasteiger partial charge in [0.1, 0.15) is 5.01 Å². The van der Waals surface area contributed by atoms with E-state index in [1.165, 1.54) is 51.0 Å². The lowest BCUT2D eigenvalue weighted by Gasteiger charge is -2.30. The number of rotatable bonds is 8. The summed E-state index contributed by atoms with van der Waals surface area (Å²) < 4.78 is 0. The number of aliphatic imine (C=N–C) groups is 1. The first kappa shape index (κ1) is 20.2. The van der Waals surface area contributed by atoms with Crippen molar-refractivity contribution in [3.63, 3.8) is 0 Å². The summed E-state index contributed by atoms with van der Waals surface area (Å²) in [6, 6.07) is 0. The van der Waals surface area contributed by atoms with E-state index in [4.69, 9.17) is 0 Å². The normalized spacial score (nSPS) is 19.4. The summed E-state index contributed by atoms with van der Waals surface area (Å²) in [5.74, 6) is 2.23. The first-order chi connectivity index (χ1) is 12.1. The van der Waals surface area contributed by atoms with Crippen molar-refractivity contribution in [2.24, 2.45) is 10.9 Å². The second kappa shape index (κ2) is 10.8. The Balaban J connectivity index is 1.58. The molecule has 2 rings (SSSR count). The van der Waals surface area contributed by atoms with Gasteiger partial charge in [0.15, 0.2) is 5.96 Å². The highest BCUT2D eigenvalue weighted by Gasteiger charge is 2.15. The summed E-state index contributed by atoms with van der Waals surface area (Å²) in [6.45, 7) is 12.2. The molecule has 25 heavy (non-hydrogen) atoms. The van der Waals surface area contributed by atoms with Crippen molar-refractivity contribution >= 4 is 17.3 Å². The van der Waals surface area contributed by atoms with E-state index in [1.54, 1.807) is 11.3 Å². The van der Waals surface area contributed by atoms with Crippen molar-refractivity contribution in [3.05, 3.63) is 16.1 Å². The summed E-state index contributed by atoms with van der Waals surface area (Å²) in [4.78, 5) is 11.6. The lowest BCUT2D eigenvalue weighted by molar-refractivity contribution is 0.181. The van der Waals surface area contributed by atoms with Gasteiger partial charge in [-0.25, -0.2) is 4.98 Å². The van der Waals surface area contributed by atoms with Crippen molar-refractivity contribution in [1.29, 1.82) is 0 Å². The zero-order valence-corrected chi connectivity index (χ0v) is 17.2. The third-order valence-electron chi connectivity index (χ3n) is 4.73. The van der Waals surface area contributed by atoms with Crippen molar-refractivity contribution < 1.29 is 0 Å². The molecule has 5 nitrogen and oxygen atoms in total. The van der Waals surface area contributed by atoms with Crippen LogP contribution in [-0.2, 0) is 6.54 Å². The standard InChI is InChI=1S/C19H35N5S/c1-15(2)17-14-25-18(23-17)12-22-19(20-4)21-9-5-6-10-24-11-7-8-16(3)13-24/h14-16H,5-13H2,1-4H3,(H2,20,21,22).